The van der Waals surface area contributed by atoms with Crippen LogP contribution in [0.2, 0.25) is 0 Å². The molecule has 0 aliphatic heterocycles. The van der Waals surface area contributed by atoms with Crippen LogP contribution in [0.4, 0.5) is 4.39 Å². The van der Waals surface area contributed by atoms with Gasteiger partial charge in [0.2, 0.25) is 0 Å². The summed E-state index contributed by atoms with van der Waals surface area (Å²) >= 11 is 0. The lowest BCUT2D eigenvalue weighted by Crippen LogP contribution is -2.18. The molecule has 1 aromatic carbocycles. The molecule has 0 radical (unpaired) electrons. The molecule has 0 spiro atoms. The van der Waals surface area contributed by atoms with Crippen molar-refractivity contribution in [3.05, 3.63) is 29.6 Å². The highest BCUT2D eigenvalue weighted by atomic mass is 32.2. The van der Waals surface area contributed by atoms with Gasteiger partial charge >= 0.3 is 0 Å². The topological polar surface area (TPSA) is 55.4 Å². The van der Waals surface area contributed by atoms with E-state index in [4.69, 9.17) is 4.74 Å². The van der Waals surface area contributed by atoms with Crippen molar-refractivity contribution in [3.63, 3.8) is 0 Å². The number of hydrogen-bond donors (Lipinski definition) is 1. The van der Waals surface area contributed by atoms with Crippen LogP contribution in [0, 0.1) is 5.82 Å². The first-order valence-corrected chi connectivity index (χ1v) is 8.01. The van der Waals surface area contributed by atoms with E-state index in [-0.39, 0.29) is 24.2 Å². The first-order chi connectivity index (χ1) is 8.89. The summed E-state index contributed by atoms with van der Waals surface area (Å²) in [6, 6.07) is 4.28. The van der Waals surface area contributed by atoms with Crippen molar-refractivity contribution in [1.82, 2.24) is 5.32 Å². The molecule has 0 saturated carbocycles. The Morgan fingerprint density at radius 3 is 2.68 bits per heavy atom. The maximum absolute atomic E-state index is 13.2. The summed E-state index contributed by atoms with van der Waals surface area (Å²) in [5.41, 5.74) is 0.804. The van der Waals surface area contributed by atoms with Crippen LogP contribution in [0.5, 0.6) is 5.75 Å². The third-order valence-electron chi connectivity index (χ3n) is 2.97. The van der Waals surface area contributed by atoms with Gasteiger partial charge in [-0.1, -0.05) is 13.0 Å². The van der Waals surface area contributed by atoms with Crippen molar-refractivity contribution in [2.75, 3.05) is 25.2 Å². The van der Waals surface area contributed by atoms with E-state index < -0.39 is 15.7 Å². The molecule has 1 atom stereocenters. The van der Waals surface area contributed by atoms with Crippen LogP contribution in [0.15, 0.2) is 18.2 Å². The summed E-state index contributed by atoms with van der Waals surface area (Å²) < 4.78 is 41.4. The highest BCUT2D eigenvalue weighted by molar-refractivity contribution is 7.91. The Morgan fingerprint density at radius 1 is 1.42 bits per heavy atom. The summed E-state index contributed by atoms with van der Waals surface area (Å²) in [6.45, 7) is 3.54. The minimum atomic E-state index is -3.07. The maximum atomic E-state index is 13.2. The van der Waals surface area contributed by atoms with E-state index in [9.17, 15) is 12.8 Å². The summed E-state index contributed by atoms with van der Waals surface area (Å²) in [5.74, 6) is 0.000653. The van der Waals surface area contributed by atoms with E-state index in [1.165, 1.54) is 12.1 Å². The average Bonchev–Trinajstić information content (AvgIpc) is 2.38. The molecule has 6 heteroatoms. The standard InChI is InChI=1S/C13H20FNO3S/c1-4-19(16,17)8-7-18-13-9-11(14)5-6-12(13)10(2)15-3/h5-6,9-10,15H,4,7-8H2,1-3H3. The molecule has 0 aliphatic rings. The van der Waals surface area contributed by atoms with Gasteiger partial charge in [-0.3, -0.25) is 0 Å². The van der Waals surface area contributed by atoms with Crippen LogP contribution in [-0.2, 0) is 9.84 Å². The predicted octanol–water partition coefficient (Wildman–Crippen LogP) is 1.92. The highest BCUT2D eigenvalue weighted by Gasteiger charge is 2.13. The average molecular weight is 289 g/mol. The molecule has 108 valence electrons. The van der Waals surface area contributed by atoms with Crippen LogP contribution in [-0.4, -0.2) is 33.6 Å². The predicted molar refractivity (Wildman–Crippen MR) is 73.7 cm³/mol. The minimum absolute atomic E-state index is 0.00150. The summed E-state index contributed by atoms with van der Waals surface area (Å²) in [6.07, 6.45) is 0. The molecule has 19 heavy (non-hydrogen) atoms. The number of benzene rings is 1. The lowest BCUT2D eigenvalue weighted by atomic mass is 10.1. The van der Waals surface area contributed by atoms with Crippen molar-refractivity contribution >= 4 is 9.84 Å². The molecule has 4 nitrogen and oxygen atoms in total. The highest BCUT2D eigenvalue weighted by Crippen LogP contribution is 2.25. The lowest BCUT2D eigenvalue weighted by Gasteiger charge is -2.16. The van der Waals surface area contributed by atoms with Gasteiger partial charge in [0.15, 0.2) is 9.84 Å². The van der Waals surface area contributed by atoms with Crippen LogP contribution < -0.4 is 10.1 Å². The zero-order chi connectivity index (χ0) is 14.5. The second-order valence-corrected chi connectivity index (χ2v) is 6.75. The molecule has 0 amide bonds. The number of hydrogen-bond acceptors (Lipinski definition) is 4. The fraction of sp³-hybridized carbons (Fsp3) is 0.538. The lowest BCUT2D eigenvalue weighted by molar-refractivity contribution is 0.332. The molecule has 1 unspecified atom stereocenters. The Kier molecular flexibility index (Phi) is 5.75. The molecule has 0 fully saturated rings. The van der Waals surface area contributed by atoms with Gasteiger partial charge in [0.05, 0.1) is 5.75 Å². The molecular weight excluding hydrogens is 269 g/mol. The van der Waals surface area contributed by atoms with Crippen LogP contribution in [0.3, 0.4) is 0 Å². The number of rotatable bonds is 7. The third kappa shape index (κ3) is 4.80. The normalized spacial score (nSPS) is 13.3. The van der Waals surface area contributed by atoms with E-state index in [2.05, 4.69) is 5.32 Å². The zero-order valence-corrected chi connectivity index (χ0v) is 12.3. The SMILES string of the molecule is CCS(=O)(=O)CCOc1cc(F)ccc1C(C)NC. The molecule has 1 rings (SSSR count). The Bertz CT molecular complexity index is 517. The van der Waals surface area contributed by atoms with Crippen molar-refractivity contribution in [1.29, 1.82) is 0 Å². The number of sulfone groups is 1. The fourth-order valence-electron chi connectivity index (χ4n) is 1.57. The Balaban J connectivity index is 2.79. The fourth-order valence-corrected chi connectivity index (χ4v) is 2.20. The third-order valence-corrected chi connectivity index (χ3v) is 4.64. The molecular formula is C13H20FNO3S. The summed E-state index contributed by atoms with van der Waals surface area (Å²) in [7, 11) is -1.28. The van der Waals surface area contributed by atoms with E-state index in [1.54, 1.807) is 20.0 Å². The van der Waals surface area contributed by atoms with Gasteiger partial charge in [-0.15, -0.1) is 0 Å². The van der Waals surface area contributed by atoms with Crippen LogP contribution >= 0.6 is 0 Å². The molecule has 0 heterocycles. The van der Waals surface area contributed by atoms with Gasteiger partial charge in [-0.25, -0.2) is 12.8 Å². The molecule has 0 saturated heterocycles. The Labute approximate surface area is 113 Å². The van der Waals surface area contributed by atoms with Gasteiger partial charge in [0.25, 0.3) is 0 Å². The largest absolute Gasteiger partial charge is 0.492 e. The summed E-state index contributed by atoms with van der Waals surface area (Å²) in [4.78, 5) is 0. The van der Waals surface area contributed by atoms with Crippen LogP contribution in [0.25, 0.3) is 0 Å². The zero-order valence-electron chi connectivity index (χ0n) is 11.4. The van der Waals surface area contributed by atoms with Gasteiger partial charge in [0.1, 0.15) is 18.2 Å². The maximum Gasteiger partial charge on any atom is 0.153 e. The van der Waals surface area contributed by atoms with E-state index in [0.29, 0.717) is 5.75 Å². The molecule has 1 aromatic rings. The van der Waals surface area contributed by atoms with Gasteiger partial charge in [0, 0.05) is 23.4 Å². The number of nitrogens with one attached hydrogen (secondary N) is 1. The minimum Gasteiger partial charge on any atom is -0.492 e. The number of ether oxygens (including phenoxy) is 1. The van der Waals surface area contributed by atoms with E-state index >= 15 is 0 Å². The van der Waals surface area contributed by atoms with Gasteiger partial charge < -0.3 is 10.1 Å². The smallest absolute Gasteiger partial charge is 0.153 e. The van der Waals surface area contributed by atoms with E-state index in [1.807, 2.05) is 6.92 Å². The number of halogens is 1. The van der Waals surface area contributed by atoms with Crippen molar-refractivity contribution in [2.45, 2.75) is 19.9 Å². The van der Waals surface area contributed by atoms with Crippen molar-refractivity contribution in [2.24, 2.45) is 0 Å². The first kappa shape index (κ1) is 15.9. The van der Waals surface area contributed by atoms with Gasteiger partial charge in [-0.05, 0) is 20.0 Å². The monoisotopic (exact) mass is 289 g/mol. The van der Waals surface area contributed by atoms with Crippen molar-refractivity contribution in [3.8, 4) is 5.75 Å². The van der Waals surface area contributed by atoms with Crippen LogP contribution in [0.1, 0.15) is 25.5 Å². The van der Waals surface area contributed by atoms with Gasteiger partial charge in [-0.2, -0.15) is 0 Å². The Morgan fingerprint density at radius 2 is 2.11 bits per heavy atom. The first-order valence-electron chi connectivity index (χ1n) is 6.19. The van der Waals surface area contributed by atoms with Crippen molar-refractivity contribution < 1.29 is 17.5 Å². The molecule has 0 bridgehead atoms. The Hall–Kier alpha value is -1.14. The quantitative estimate of drug-likeness (QED) is 0.833. The second-order valence-electron chi connectivity index (χ2n) is 4.28. The van der Waals surface area contributed by atoms with E-state index in [0.717, 1.165) is 5.56 Å². The molecule has 1 N–H and O–H groups in total. The molecule has 0 aromatic heterocycles. The summed E-state index contributed by atoms with van der Waals surface area (Å²) in [5, 5.41) is 3.04. The molecule has 0 aliphatic carbocycles. The second kappa shape index (κ2) is 6.86.